The summed E-state index contributed by atoms with van der Waals surface area (Å²) in [5.74, 6) is 1.11. The van der Waals surface area contributed by atoms with Crippen LogP contribution in [-0.2, 0) is 11.3 Å². The first-order valence-corrected chi connectivity index (χ1v) is 9.52. The number of carbonyl (C=O) groups excluding carboxylic acids is 1. The summed E-state index contributed by atoms with van der Waals surface area (Å²) in [7, 11) is 3.43. The molecule has 0 atom stereocenters. The van der Waals surface area contributed by atoms with Crippen LogP contribution in [0.5, 0.6) is 5.75 Å². The topological polar surface area (TPSA) is 60.2 Å². The minimum atomic E-state index is 0.0298. The van der Waals surface area contributed by atoms with Gasteiger partial charge in [0.15, 0.2) is 5.16 Å². The molecule has 1 heterocycles. The second-order valence-electron chi connectivity index (χ2n) is 6.16. The number of benzene rings is 2. The Bertz CT molecular complexity index is 926. The Kier molecular flexibility index (Phi) is 6.13. The lowest BCUT2D eigenvalue weighted by Gasteiger charge is -2.17. The van der Waals surface area contributed by atoms with Crippen molar-refractivity contribution in [2.24, 2.45) is 0 Å². The molecular formula is C20H22N4O2S. The third-order valence-electron chi connectivity index (χ3n) is 4.20. The van der Waals surface area contributed by atoms with Crippen LogP contribution in [0.1, 0.15) is 11.1 Å². The Morgan fingerprint density at radius 2 is 2.04 bits per heavy atom. The molecule has 1 aromatic heterocycles. The normalized spacial score (nSPS) is 10.6. The maximum Gasteiger partial charge on any atom is 0.233 e. The number of amides is 1. The molecule has 140 valence electrons. The Morgan fingerprint density at radius 1 is 1.22 bits per heavy atom. The van der Waals surface area contributed by atoms with E-state index in [1.165, 1.54) is 11.8 Å². The highest BCUT2D eigenvalue weighted by atomic mass is 32.2. The number of ether oxygens (including phenoxy) is 1. The molecule has 0 aliphatic rings. The van der Waals surface area contributed by atoms with Crippen LogP contribution in [0.25, 0.3) is 5.69 Å². The van der Waals surface area contributed by atoms with Gasteiger partial charge in [-0.25, -0.2) is 0 Å². The van der Waals surface area contributed by atoms with Crippen molar-refractivity contribution < 1.29 is 9.53 Å². The van der Waals surface area contributed by atoms with Crippen LogP contribution < -0.4 is 4.74 Å². The summed E-state index contributed by atoms with van der Waals surface area (Å²) in [5, 5.41) is 8.86. The average molecular weight is 382 g/mol. The molecule has 3 rings (SSSR count). The van der Waals surface area contributed by atoms with Crippen LogP contribution in [-0.4, -0.2) is 45.5 Å². The van der Waals surface area contributed by atoms with Gasteiger partial charge in [-0.15, -0.1) is 10.2 Å². The van der Waals surface area contributed by atoms with Gasteiger partial charge >= 0.3 is 0 Å². The largest absolute Gasteiger partial charge is 0.497 e. The predicted molar refractivity (Wildman–Crippen MR) is 106 cm³/mol. The molecule has 0 spiro atoms. The van der Waals surface area contributed by atoms with E-state index in [2.05, 4.69) is 10.2 Å². The molecule has 0 radical (unpaired) electrons. The standard InChI is InChI=1S/C20H22N4O2S/c1-15-7-4-5-10-18(15)24-14-21-22-20(24)27-13-19(25)23(2)12-16-8-6-9-17(11-16)26-3/h4-11,14H,12-13H2,1-3H3. The quantitative estimate of drug-likeness (QED) is 0.587. The monoisotopic (exact) mass is 382 g/mol. The molecule has 2 aromatic carbocycles. The second kappa shape index (κ2) is 8.73. The molecule has 0 aliphatic carbocycles. The van der Waals surface area contributed by atoms with E-state index in [0.29, 0.717) is 17.5 Å². The van der Waals surface area contributed by atoms with Gasteiger partial charge in [0.2, 0.25) is 5.91 Å². The van der Waals surface area contributed by atoms with E-state index in [4.69, 9.17) is 4.74 Å². The lowest BCUT2D eigenvalue weighted by Crippen LogP contribution is -2.27. The van der Waals surface area contributed by atoms with Crippen LogP contribution in [0.2, 0.25) is 0 Å². The highest BCUT2D eigenvalue weighted by Gasteiger charge is 2.14. The number of hydrogen-bond donors (Lipinski definition) is 0. The second-order valence-corrected chi connectivity index (χ2v) is 7.10. The summed E-state index contributed by atoms with van der Waals surface area (Å²) >= 11 is 1.39. The first-order valence-electron chi connectivity index (χ1n) is 8.54. The van der Waals surface area contributed by atoms with Crippen molar-refractivity contribution in [3.05, 3.63) is 66.0 Å². The molecule has 0 fully saturated rings. The Morgan fingerprint density at radius 3 is 2.81 bits per heavy atom. The SMILES string of the molecule is COc1cccc(CN(C)C(=O)CSc2nncn2-c2ccccc2C)c1. The van der Waals surface area contributed by atoms with Crippen LogP contribution in [0, 0.1) is 6.92 Å². The van der Waals surface area contributed by atoms with E-state index < -0.39 is 0 Å². The summed E-state index contributed by atoms with van der Waals surface area (Å²) in [5.41, 5.74) is 3.17. The van der Waals surface area contributed by atoms with Crippen molar-refractivity contribution in [2.75, 3.05) is 19.9 Å². The van der Waals surface area contributed by atoms with Crippen molar-refractivity contribution in [3.63, 3.8) is 0 Å². The fraction of sp³-hybridized carbons (Fsp3) is 0.250. The number of carbonyl (C=O) groups is 1. The first-order chi connectivity index (χ1) is 13.1. The maximum absolute atomic E-state index is 12.5. The van der Waals surface area contributed by atoms with E-state index in [0.717, 1.165) is 22.6 Å². The summed E-state index contributed by atoms with van der Waals surface area (Å²) in [6, 6.07) is 15.7. The van der Waals surface area contributed by atoms with Crippen LogP contribution in [0.4, 0.5) is 0 Å². The maximum atomic E-state index is 12.5. The minimum Gasteiger partial charge on any atom is -0.497 e. The average Bonchev–Trinajstić information content (AvgIpc) is 3.15. The van der Waals surface area contributed by atoms with E-state index in [1.54, 1.807) is 25.4 Å². The lowest BCUT2D eigenvalue weighted by atomic mass is 10.2. The molecule has 3 aromatic rings. The van der Waals surface area contributed by atoms with Crippen LogP contribution >= 0.6 is 11.8 Å². The molecule has 7 heteroatoms. The lowest BCUT2D eigenvalue weighted by molar-refractivity contribution is -0.127. The molecule has 0 saturated heterocycles. The molecule has 6 nitrogen and oxygen atoms in total. The Balaban J connectivity index is 1.63. The van der Waals surface area contributed by atoms with Gasteiger partial charge in [0.05, 0.1) is 18.6 Å². The molecule has 1 amide bonds. The zero-order valence-corrected chi connectivity index (χ0v) is 16.4. The molecule has 0 N–H and O–H groups in total. The first kappa shape index (κ1) is 19.0. The van der Waals surface area contributed by atoms with Gasteiger partial charge in [-0.1, -0.05) is 42.1 Å². The van der Waals surface area contributed by atoms with Crippen molar-refractivity contribution in [3.8, 4) is 11.4 Å². The Hall–Kier alpha value is -2.80. The van der Waals surface area contributed by atoms with Gasteiger partial charge in [-0.3, -0.25) is 9.36 Å². The molecule has 0 saturated carbocycles. The van der Waals surface area contributed by atoms with Crippen molar-refractivity contribution in [1.29, 1.82) is 0 Å². The number of methoxy groups -OCH3 is 1. The number of rotatable bonds is 7. The fourth-order valence-corrected chi connectivity index (χ4v) is 3.55. The Labute approximate surface area is 163 Å². The summed E-state index contributed by atoms with van der Waals surface area (Å²) in [6.07, 6.45) is 1.68. The van der Waals surface area contributed by atoms with Gasteiger partial charge < -0.3 is 9.64 Å². The summed E-state index contributed by atoms with van der Waals surface area (Å²) in [4.78, 5) is 14.2. The number of nitrogens with zero attached hydrogens (tertiary/aromatic N) is 4. The zero-order valence-electron chi connectivity index (χ0n) is 15.6. The fourth-order valence-electron chi connectivity index (χ4n) is 2.69. The molecule has 0 aliphatic heterocycles. The highest BCUT2D eigenvalue weighted by Crippen LogP contribution is 2.22. The zero-order chi connectivity index (χ0) is 19.2. The minimum absolute atomic E-state index is 0.0298. The van der Waals surface area contributed by atoms with Gasteiger partial charge in [0, 0.05) is 13.6 Å². The van der Waals surface area contributed by atoms with Crippen molar-refractivity contribution in [2.45, 2.75) is 18.6 Å². The predicted octanol–water partition coefficient (Wildman–Crippen LogP) is 3.34. The molecule has 27 heavy (non-hydrogen) atoms. The molecule has 0 bridgehead atoms. The molecular weight excluding hydrogens is 360 g/mol. The number of thioether (sulfide) groups is 1. The van der Waals surface area contributed by atoms with Crippen molar-refractivity contribution in [1.82, 2.24) is 19.7 Å². The highest BCUT2D eigenvalue weighted by molar-refractivity contribution is 7.99. The number of aromatic nitrogens is 3. The number of para-hydroxylation sites is 1. The number of hydrogen-bond acceptors (Lipinski definition) is 5. The summed E-state index contributed by atoms with van der Waals surface area (Å²) in [6.45, 7) is 2.57. The van der Waals surface area contributed by atoms with Crippen LogP contribution in [0.15, 0.2) is 60.0 Å². The smallest absolute Gasteiger partial charge is 0.233 e. The van der Waals surface area contributed by atoms with Gasteiger partial charge in [0.25, 0.3) is 0 Å². The van der Waals surface area contributed by atoms with E-state index in [-0.39, 0.29) is 5.91 Å². The van der Waals surface area contributed by atoms with Crippen LogP contribution in [0.3, 0.4) is 0 Å². The van der Waals surface area contributed by atoms with Gasteiger partial charge in [-0.05, 0) is 36.2 Å². The molecule has 0 unspecified atom stereocenters. The van der Waals surface area contributed by atoms with Gasteiger partial charge in [-0.2, -0.15) is 0 Å². The third-order valence-corrected chi connectivity index (χ3v) is 5.12. The van der Waals surface area contributed by atoms with Crippen molar-refractivity contribution >= 4 is 17.7 Å². The van der Waals surface area contributed by atoms with E-state index in [9.17, 15) is 4.79 Å². The summed E-state index contributed by atoms with van der Waals surface area (Å²) < 4.78 is 7.14. The third kappa shape index (κ3) is 4.68. The van der Waals surface area contributed by atoms with Gasteiger partial charge in [0.1, 0.15) is 12.1 Å². The van der Waals surface area contributed by atoms with E-state index in [1.807, 2.05) is 60.0 Å². The van der Waals surface area contributed by atoms with E-state index >= 15 is 0 Å². The number of aryl methyl sites for hydroxylation is 1.